The zero-order valence-corrected chi connectivity index (χ0v) is 18.2. The number of aliphatic hydroxyl groups excluding tert-OH is 1. The summed E-state index contributed by atoms with van der Waals surface area (Å²) in [5.74, 6) is 0.0825. The molecule has 0 saturated carbocycles. The van der Waals surface area contributed by atoms with E-state index >= 15 is 0 Å². The smallest absolute Gasteiger partial charge is 0.238 e. The van der Waals surface area contributed by atoms with Gasteiger partial charge >= 0.3 is 0 Å². The first kappa shape index (κ1) is 20.5. The molecule has 29 heavy (non-hydrogen) atoms. The molecule has 148 valence electrons. The molecule has 3 atom stereocenters. The number of nitrogens with one attached hydrogen (secondary N) is 2. The van der Waals surface area contributed by atoms with Gasteiger partial charge in [0.15, 0.2) is 0 Å². The van der Waals surface area contributed by atoms with Crippen molar-refractivity contribution in [1.29, 1.82) is 0 Å². The number of alkyl halides is 1. The number of fused-ring (bicyclic) bond motifs is 2. The van der Waals surface area contributed by atoms with E-state index in [1.165, 1.54) is 0 Å². The lowest BCUT2D eigenvalue weighted by Gasteiger charge is -2.44. The summed E-state index contributed by atoms with van der Waals surface area (Å²) in [5.41, 5.74) is 1.41. The van der Waals surface area contributed by atoms with Gasteiger partial charge in [0, 0.05) is 26.6 Å². The van der Waals surface area contributed by atoms with Gasteiger partial charge < -0.3 is 20.5 Å². The van der Waals surface area contributed by atoms with Crippen molar-refractivity contribution in [2.45, 2.75) is 21.8 Å². The minimum atomic E-state index is -1.06. The van der Waals surface area contributed by atoms with Crippen molar-refractivity contribution in [2.75, 3.05) is 18.5 Å². The fourth-order valence-corrected chi connectivity index (χ4v) is 5.72. The molecule has 6 nitrogen and oxygen atoms in total. The summed E-state index contributed by atoms with van der Waals surface area (Å²) in [4.78, 5) is 25.9. The van der Waals surface area contributed by atoms with Gasteiger partial charge in [-0.3, -0.25) is 9.59 Å². The van der Waals surface area contributed by atoms with Gasteiger partial charge in [-0.05, 0) is 23.8 Å². The third-order valence-electron chi connectivity index (χ3n) is 5.36. The maximum Gasteiger partial charge on any atom is 0.238 e. The molecule has 0 aromatic heterocycles. The van der Waals surface area contributed by atoms with Crippen LogP contribution in [0.15, 0.2) is 36.4 Å². The fraction of sp³-hybridized carbons (Fsp3) is 0.300. The number of amides is 2. The van der Waals surface area contributed by atoms with E-state index in [-0.39, 0.29) is 35.4 Å². The summed E-state index contributed by atoms with van der Waals surface area (Å²) < 4.78 is 5.39. The summed E-state index contributed by atoms with van der Waals surface area (Å²) in [6.07, 6.45) is 0.196. The van der Waals surface area contributed by atoms with Crippen LogP contribution in [-0.4, -0.2) is 41.9 Å². The van der Waals surface area contributed by atoms with E-state index in [1.54, 1.807) is 30.3 Å². The summed E-state index contributed by atoms with van der Waals surface area (Å²) in [5, 5.41) is 15.6. The third kappa shape index (κ3) is 3.31. The second kappa shape index (κ2) is 7.81. The fourth-order valence-electron chi connectivity index (χ4n) is 4.17. The van der Waals surface area contributed by atoms with Crippen molar-refractivity contribution in [3.05, 3.63) is 52.5 Å². The van der Waals surface area contributed by atoms with Gasteiger partial charge in [0.25, 0.3) is 0 Å². The molecule has 0 bridgehead atoms. The van der Waals surface area contributed by atoms with Gasteiger partial charge in [-0.1, -0.05) is 57.9 Å². The number of ether oxygens (including phenoxy) is 1. The molecule has 2 aliphatic rings. The molecule has 3 N–H and O–H groups in total. The minimum absolute atomic E-state index is 0.0800. The van der Waals surface area contributed by atoms with E-state index in [4.69, 9.17) is 24.2 Å². The molecule has 1 saturated heterocycles. The molecule has 2 aromatic rings. The average Bonchev–Trinajstić information content (AvgIpc) is 2.95. The largest absolute Gasteiger partial charge is 0.491 e. The van der Waals surface area contributed by atoms with Crippen LogP contribution in [0, 0.1) is 0 Å². The first-order chi connectivity index (χ1) is 13.9. The number of carbonyl (C=O) groups is 2. The van der Waals surface area contributed by atoms with Crippen LogP contribution in [0.1, 0.15) is 23.6 Å². The number of rotatable bonds is 4. The van der Waals surface area contributed by atoms with E-state index in [9.17, 15) is 14.7 Å². The molecule has 2 aliphatic heterocycles. The quantitative estimate of drug-likeness (QED) is 0.325. The molecule has 2 radical (unpaired) electrons. The average molecular weight is 523 g/mol. The Labute approximate surface area is 187 Å². The van der Waals surface area contributed by atoms with Crippen LogP contribution in [0.5, 0.6) is 5.75 Å². The molecule has 1 spiro atoms. The van der Waals surface area contributed by atoms with Crippen LogP contribution < -0.4 is 20.8 Å². The predicted octanol–water partition coefficient (Wildman–Crippen LogP) is 1.76. The van der Waals surface area contributed by atoms with Crippen LogP contribution in [-0.2, 0) is 15.0 Å². The van der Waals surface area contributed by atoms with Gasteiger partial charge in [-0.2, -0.15) is 0 Å². The van der Waals surface area contributed by atoms with Crippen LogP contribution in [0.3, 0.4) is 0 Å². The Balaban J connectivity index is 1.94. The number of piperidine rings is 1. The van der Waals surface area contributed by atoms with Gasteiger partial charge in [0.2, 0.25) is 11.8 Å². The van der Waals surface area contributed by atoms with E-state index in [0.717, 1.165) is 5.56 Å². The highest BCUT2D eigenvalue weighted by molar-refractivity contribution is 14.1. The van der Waals surface area contributed by atoms with Gasteiger partial charge in [0.1, 0.15) is 25.6 Å². The van der Waals surface area contributed by atoms with Gasteiger partial charge in [-0.15, -0.1) is 0 Å². The van der Waals surface area contributed by atoms with Crippen molar-refractivity contribution in [3.63, 3.8) is 0 Å². The Hall–Kier alpha value is -1.78. The Kier molecular flexibility index (Phi) is 5.52. The van der Waals surface area contributed by atoms with Crippen LogP contribution >= 0.6 is 34.2 Å². The second-order valence-electron chi connectivity index (χ2n) is 7.05. The lowest BCUT2D eigenvalue weighted by Crippen LogP contribution is -2.58. The Morgan fingerprint density at radius 3 is 2.83 bits per heavy atom. The zero-order chi connectivity index (χ0) is 20.8. The van der Waals surface area contributed by atoms with Gasteiger partial charge in [-0.25, -0.2) is 0 Å². The Morgan fingerprint density at radius 2 is 2.07 bits per heavy atom. The SMILES string of the molecule is [B]c1ccc(OCCO)c([C@H]2NC(=O)C[C@@H](I)[C@]23C(=O)Nc2cc(Cl)ccc23)c1. The number of hydrogen-bond donors (Lipinski definition) is 3. The Morgan fingerprint density at radius 1 is 1.28 bits per heavy atom. The topological polar surface area (TPSA) is 87.7 Å². The van der Waals surface area contributed by atoms with Gasteiger partial charge in [0.05, 0.1) is 12.6 Å². The highest BCUT2D eigenvalue weighted by atomic mass is 127. The molecular formula is C20H17BClIN2O4. The molecule has 0 unspecified atom stereocenters. The molecule has 0 aliphatic carbocycles. The summed E-state index contributed by atoms with van der Waals surface area (Å²) in [6, 6.07) is 9.64. The van der Waals surface area contributed by atoms with E-state index < -0.39 is 11.5 Å². The maximum absolute atomic E-state index is 13.4. The van der Waals surface area contributed by atoms with E-state index in [1.807, 2.05) is 6.07 Å². The zero-order valence-electron chi connectivity index (χ0n) is 15.2. The molecule has 2 amide bonds. The van der Waals surface area contributed by atoms with Crippen molar-refractivity contribution in [1.82, 2.24) is 5.32 Å². The van der Waals surface area contributed by atoms with Crippen molar-refractivity contribution in [3.8, 4) is 5.75 Å². The normalized spacial score (nSPS) is 25.5. The van der Waals surface area contributed by atoms with Crippen LogP contribution in [0.2, 0.25) is 5.02 Å². The van der Waals surface area contributed by atoms with Crippen molar-refractivity contribution >= 4 is 65.0 Å². The first-order valence-corrected chi connectivity index (χ1v) is 10.7. The number of benzene rings is 2. The molecule has 2 aromatic carbocycles. The number of halogens is 2. The monoisotopic (exact) mass is 522 g/mol. The highest BCUT2D eigenvalue weighted by Gasteiger charge is 2.60. The standard InChI is InChI=1S/C20H17BClIN2O4/c21-10-1-4-15(29-6-5-26)12(7-10)18-20(16(23)9-17(27)25-18)13-3-2-11(22)8-14(13)24-19(20)28/h1-4,7-8,16,18,26H,5-6,9H2,(H,24,28)(H,25,27)/t16-,18-,20+/m1/s1. The van der Waals surface area contributed by atoms with Crippen LogP contribution in [0.4, 0.5) is 5.69 Å². The number of hydrogen-bond acceptors (Lipinski definition) is 4. The lowest BCUT2D eigenvalue weighted by atomic mass is 9.67. The minimum Gasteiger partial charge on any atom is -0.491 e. The number of aliphatic hydroxyl groups is 1. The summed E-state index contributed by atoms with van der Waals surface area (Å²) in [7, 11) is 6.03. The Bertz CT molecular complexity index is 1000. The molecular weight excluding hydrogens is 505 g/mol. The lowest BCUT2D eigenvalue weighted by molar-refractivity contribution is -0.129. The number of anilines is 1. The highest BCUT2D eigenvalue weighted by Crippen LogP contribution is 2.54. The van der Waals surface area contributed by atoms with E-state index in [2.05, 4.69) is 33.2 Å². The molecule has 1 fully saturated rings. The van der Waals surface area contributed by atoms with Crippen LogP contribution in [0.25, 0.3) is 0 Å². The van der Waals surface area contributed by atoms with Crippen molar-refractivity contribution < 1.29 is 19.4 Å². The summed E-state index contributed by atoms with van der Waals surface area (Å²) >= 11 is 8.30. The number of carbonyl (C=O) groups excluding carboxylic acids is 2. The molecule has 2 heterocycles. The summed E-state index contributed by atoms with van der Waals surface area (Å²) in [6.45, 7) is -0.0840. The molecule has 9 heteroatoms. The van der Waals surface area contributed by atoms with E-state index in [0.29, 0.717) is 27.5 Å². The second-order valence-corrected chi connectivity index (χ2v) is 8.99. The maximum atomic E-state index is 13.4. The first-order valence-electron chi connectivity index (χ1n) is 9.06. The predicted molar refractivity (Wildman–Crippen MR) is 119 cm³/mol. The molecule has 4 rings (SSSR count). The third-order valence-corrected chi connectivity index (χ3v) is 7.02. The van der Waals surface area contributed by atoms with Crippen molar-refractivity contribution in [2.24, 2.45) is 0 Å².